The Labute approximate surface area is 215 Å². The van der Waals surface area contributed by atoms with Gasteiger partial charge >= 0.3 is 8.25 Å². The molecule has 4 rings (SSSR count). The van der Waals surface area contributed by atoms with Crippen LogP contribution in [0.2, 0.25) is 18.1 Å². The Morgan fingerprint density at radius 1 is 1.24 bits per heavy atom. The summed E-state index contributed by atoms with van der Waals surface area (Å²) in [4.78, 5) is 46.1. The van der Waals surface area contributed by atoms with E-state index in [0.29, 0.717) is 23.1 Å². The van der Waals surface area contributed by atoms with E-state index in [4.69, 9.17) is 9.26 Å². The molecule has 1 saturated heterocycles. The van der Waals surface area contributed by atoms with Gasteiger partial charge < -0.3 is 20.0 Å². The minimum atomic E-state index is -2.98. The number of carbonyl (C=O) groups excluding carboxylic acids is 1. The number of nitrogens with one attached hydrogen (secondary N) is 1. The second kappa shape index (κ2) is 10.6. The average molecular weight is 549 g/mol. The number of benzene rings is 1. The van der Waals surface area contributed by atoms with Crippen LogP contribution >= 0.6 is 8.25 Å². The van der Waals surface area contributed by atoms with Crippen LogP contribution in [0, 0.1) is 5.92 Å². The first-order valence-electron chi connectivity index (χ1n) is 11.8. The van der Waals surface area contributed by atoms with E-state index in [1.54, 1.807) is 28.8 Å². The predicted octanol–water partition coefficient (Wildman–Crippen LogP) is 2.99. The van der Waals surface area contributed by atoms with Gasteiger partial charge in [0, 0.05) is 16.0 Å². The number of hydrogen-bond donors (Lipinski definition) is 4. The maximum atomic E-state index is 12.7. The number of aliphatic hydroxyl groups is 1. The highest BCUT2D eigenvalue weighted by atomic mass is 31.1. The molecule has 37 heavy (non-hydrogen) atoms. The first-order chi connectivity index (χ1) is 17.4. The van der Waals surface area contributed by atoms with Gasteiger partial charge in [-0.15, -0.1) is 9.42 Å². The lowest BCUT2D eigenvalue weighted by molar-refractivity contribution is -0.0428. The molecule has 1 fully saturated rings. The van der Waals surface area contributed by atoms with Gasteiger partial charge in [-0.05, 0) is 36.7 Å². The van der Waals surface area contributed by atoms with E-state index in [2.05, 4.69) is 20.3 Å². The molecule has 1 aromatic carbocycles. The van der Waals surface area contributed by atoms with E-state index in [9.17, 15) is 24.2 Å². The van der Waals surface area contributed by atoms with Crippen LogP contribution in [0.4, 0.5) is 5.82 Å². The second-order valence-corrected chi connectivity index (χ2v) is 15.4. The minimum absolute atomic E-state index is 0.210. The Kier molecular flexibility index (Phi) is 7.86. The number of carbonyl (C=O) groups is 1. The summed E-state index contributed by atoms with van der Waals surface area (Å²) >= 11 is 0. The quantitative estimate of drug-likeness (QED) is 0.230. The second-order valence-electron chi connectivity index (χ2n) is 10.2. The lowest BCUT2D eigenvalue weighted by atomic mass is 9.89. The molecule has 1 aliphatic heterocycles. The van der Waals surface area contributed by atoms with E-state index >= 15 is 0 Å². The smallest absolute Gasteiger partial charge is 0.432 e. The molecule has 4 N–H and O–H groups in total. The summed E-state index contributed by atoms with van der Waals surface area (Å²) in [6.45, 7) is 7.08. The van der Waals surface area contributed by atoms with Gasteiger partial charge in [-0.2, -0.15) is 0 Å². The maximum absolute atomic E-state index is 12.7. The molecule has 14 heteroatoms. The first kappa shape index (κ1) is 27.4. The van der Waals surface area contributed by atoms with E-state index in [0.717, 1.165) is 0 Å². The minimum Gasteiger partial charge on any atom is -0.432 e. The monoisotopic (exact) mass is 548 g/mol. The number of hydrogen-bond acceptors (Lipinski definition) is 9. The van der Waals surface area contributed by atoms with Crippen LogP contribution in [0.1, 0.15) is 36.9 Å². The Morgan fingerprint density at radius 3 is 2.57 bits per heavy atom. The summed E-state index contributed by atoms with van der Waals surface area (Å²) in [7, 11) is -5.67. The summed E-state index contributed by atoms with van der Waals surface area (Å²) in [6, 6.07) is 8.68. The SMILES string of the molecule is CC(C)(C[C@@H]1[C@H](O[P+](=O)O)[C@@H](CO)O[C@H]1n1cnc2c(NC(=O)c3ccccc3)ncnc21)[Si](C)(C)O. The molecule has 5 atom stereocenters. The van der Waals surface area contributed by atoms with Crippen LogP contribution in [-0.2, 0) is 13.8 Å². The van der Waals surface area contributed by atoms with Crippen LogP contribution in [-0.4, -0.2) is 67.4 Å². The Bertz CT molecular complexity index is 1280. The molecule has 0 bridgehead atoms. The van der Waals surface area contributed by atoms with Gasteiger partial charge in [-0.3, -0.25) is 9.36 Å². The average Bonchev–Trinajstić information content (AvgIpc) is 3.40. The van der Waals surface area contributed by atoms with Crippen molar-refractivity contribution in [2.24, 2.45) is 5.92 Å². The Hall–Kier alpha value is -2.64. The molecule has 0 saturated carbocycles. The van der Waals surface area contributed by atoms with E-state index in [-0.39, 0.29) is 11.7 Å². The predicted molar refractivity (Wildman–Crippen MR) is 137 cm³/mol. The fraction of sp³-hybridized carbons (Fsp3) is 0.478. The van der Waals surface area contributed by atoms with Crippen molar-refractivity contribution in [1.82, 2.24) is 19.5 Å². The summed E-state index contributed by atoms with van der Waals surface area (Å²) in [5.41, 5.74) is 1.13. The van der Waals surface area contributed by atoms with Crippen molar-refractivity contribution in [3.8, 4) is 0 Å². The summed E-state index contributed by atoms with van der Waals surface area (Å²) in [6.07, 6.45) is 0.554. The Morgan fingerprint density at radius 2 is 1.95 bits per heavy atom. The number of aromatic nitrogens is 4. The highest BCUT2D eigenvalue weighted by Crippen LogP contribution is 2.51. The summed E-state index contributed by atoms with van der Waals surface area (Å²) in [5, 5.41) is 12.2. The molecule has 3 heterocycles. The molecular formula is C23H31N5O7PSi+. The molecule has 198 valence electrons. The number of imidazole rings is 1. The molecule has 1 amide bonds. The number of nitrogens with zero attached hydrogens (tertiary/aromatic N) is 4. The highest BCUT2D eigenvalue weighted by molar-refractivity contribution is 7.32. The number of aliphatic hydroxyl groups excluding tert-OH is 1. The Balaban J connectivity index is 1.72. The van der Waals surface area contributed by atoms with Crippen molar-refractivity contribution in [1.29, 1.82) is 0 Å². The van der Waals surface area contributed by atoms with Crippen LogP contribution in [0.3, 0.4) is 0 Å². The fourth-order valence-electron chi connectivity index (χ4n) is 4.42. The third-order valence-electron chi connectivity index (χ3n) is 7.16. The summed E-state index contributed by atoms with van der Waals surface area (Å²) in [5.74, 6) is -0.684. The molecule has 3 aromatic rings. The zero-order chi connectivity index (χ0) is 27.0. The van der Waals surface area contributed by atoms with Gasteiger partial charge in [-0.1, -0.05) is 32.0 Å². The maximum Gasteiger partial charge on any atom is 0.695 e. The zero-order valence-electron chi connectivity index (χ0n) is 21.0. The normalized spacial score (nSPS) is 22.8. The van der Waals surface area contributed by atoms with Crippen molar-refractivity contribution in [2.45, 2.75) is 56.8 Å². The molecule has 0 aliphatic carbocycles. The van der Waals surface area contributed by atoms with Crippen molar-refractivity contribution >= 4 is 39.5 Å². The van der Waals surface area contributed by atoms with Crippen LogP contribution < -0.4 is 5.32 Å². The number of amides is 1. The fourth-order valence-corrected chi connectivity index (χ4v) is 5.65. The lowest BCUT2D eigenvalue weighted by Gasteiger charge is -2.38. The lowest BCUT2D eigenvalue weighted by Crippen LogP contribution is -2.42. The largest absolute Gasteiger partial charge is 0.695 e. The first-order valence-corrected chi connectivity index (χ1v) is 15.9. The van der Waals surface area contributed by atoms with Gasteiger partial charge in [0.15, 0.2) is 31.4 Å². The highest BCUT2D eigenvalue weighted by Gasteiger charge is 2.54. The van der Waals surface area contributed by atoms with Crippen molar-refractivity contribution in [2.75, 3.05) is 11.9 Å². The van der Waals surface area contributed by atoms with E-state index < -0.39 is 52.6 Å². The van der Waals surface area contributed by atoms with Gasteiger partial charge in [0.1, 0.15) is 18.7 Å². The van der Waals surface area contributed by atoms with E-state index in [1.165, 1.54) is 12.7 Å². The van der Waals surface area contributed by atoms with Gasteiger partial charge in [0.25, 0.3) is 5.91 Å². The van der Waals surface area contributed by atoms with Crippen molar-refractivity contribution < 1.29 is 33.4 Å². The van der Waals surface area contributed by atoms with E-state index in [1.807, 2.05) is 33.0 Å². The zero-order valence-corrected chi connectivity index (χ0v) is 22.9. The van der Waals surface area contributed by atoms with Crippen molar-refractivity contribution in [3.05, 3.63) is 48.5 Å². The number of ether oxygens (including phenoxy) is 1. The standard InChI is InChI=1S/C23H30N5O7PSi/c1-23(2,37(3,4)33)10-15-18(35-36(31)32)16(11-29)34-22(15)28-13-26-17-19(24-12-25-20(17)28)27-21(30)14-8-6-5-7-9-14/h5-9,12-13,15-16,18,22,29,33H,10-11H2,1-4H3,(H-,24,25,27,30,31,32)/p+1/t15-,16-,18+,22-/m1/s1. The van der Waals surface area contributed by atoms with Gasteiger partial charge in [0.05, 0.1) is 12.9 Å². The number of rotatable bonds is 9. The molecule has 1 aliphatic rings. The number of fused-ring (bicyclic) bond motifs is 1. The van der Waals surface area contributed by atoms with Gasteiger partial charge in [-0.25, -0.2) is 15.0 Å². The van der Waals surface area contributed by atoms with Crippen LogP contribution in [0.15, 0.2) is 43.0 Å². The molecular weight excluding hydrogens is 517 g/mol. The number of anilines is 1. The summed E-state index contributed by atoms with van der Waals surface area (Å²) < 4.78 is 24.8. The molecule has 1 unspecified atom stereocenters. The van der Waals surface area contributed by atoms with Gasteiger partial charge in [0.2, 0.25) is 0 Å². The third-order valence-corrected chi connectivity index (χ3v) is 11.1. The molecule has 12 nitrogen and oxygen atoms in total. The topological polar surface area (TPSA) is 169 Å². The molecule has 0 spiro atoms. The van der Waals surface area contributed by atoms with Crippen LogP contribution in [0.25, 0.3) is 11.2 Å². The third kappa shape index (κ3) is 5.63. The molecule has 2 aromatic heterocycles. The van der Waals surface area contributed by atoms with Crippen molar-refractivity contribution in [3.63, 3.8) is 0 Å². The molecule has 0 radical (unpaired) electrons. The van der Waals surface area contributed by atoms with Crippen LogP contribution in [0.5, 0.6) is 0 Å².